The lowest BCUT2D eigenvalue weighted by molar-refractivity contribution is 0.0997. The maximum Gasteiger partial charge on any atom is 0.177 e. The van der Waals surface area contributed by atoms with Crippen LogP contribution in [0.1, 0.15) is 15.2 Å². The van der Waals surface area contributed by atoms with Crippen LogP contribution in [0.3, 0.4) is 0 Å². The molecule has 2 aromatic rings. The molecule has 2 rings (SSSR count). The molecule has 0 fully saturated rings. The summed E-state index contributed by atoms with van der Waals surface area (Å²) in [6.07, 6.45) is 3.97. The molecule has 0 spiro atoms. The number of carbonyl (C=O) groups excluding carboxylic acids is 1. The van der Waals surface area contributed by atoms with E-state index < -0.39 is 0 Å². The number of rotatable bonds is 3. The second kappa shape index (κ2) is 4.81. The molecule has 0 unspecified atom stereocenters. The van der Waals surface area contributed by atoms with Gasteiger partial charge in [-0.3, -0.25) is 9.48 Å². The zero-order chi connectivity index (χ0) is 11.7. The molecule has 0 aliphatic heterocycles. The minimum absolute atomic E-state index is 0.115. The average Bonchev–Trinajstić information content (AvgIpc) is 2.75. The standard InChI is InChI=1S/C10H8Br2N2OS/c1-14-5-6(4-13-14)2-8(15)9-3-7(11)10(12)16-9/h3-5H,2H2,1H3. The maximum atomic E-state index is 11.9. The Morgan fingerprint density at radius 2 is 2.31 bits per heavy atom. The lowest BCUT2D eigenvalue weighted by Gasteiger charge is -1.93. The number of thiophene rings is 1. The molecule has 0 bridgehead atoms. The topological polar surface area (TPSA) is 34.9 Å². The van der Waals surface area contributed by atoms with E-state index in [2.05, 4.69) is 37.0 Å². The minimum atomic E-state index is 0.115. The summed E-state index contributed by atoms with van der Waals surface area (Å²) < 4.78 is 3.57. The van der Waals surface area contributed by atoms with Gasteiger partial charge in [0.05, 0.1) is 14.9 Å². The first-order valence-corrected chi connectivity index (χ1v) is 6.92. The summed E-state index contributed by atoms with van der Waals surface area (Å²) >= 11 is 8.19. The third-order valence-corrected chi connectivity index (χ3v) is 5.34. The van der Waals surface area contributed by atoms with Crippen molar-refractivity contribution in [3.05, 3.63) is 37.2 Å². The molecule has 0 amide bonds. The Morgan fingerprint density at radius 3 is 2.81 bits per heavy atom. The van der Waals surface area contributed by atoms with E-state index >= 15 is 0 Å². The number of carbonyl (C=O) groups is 1. The Morgan fingerprint density at radius 1 is 1.56 bits per heavy atom. The Bertz CT molecular complexity index is 513. The molecule has 0 saturated carbocycles. The van der Waals surface area contributed by atoms with Gasteiger partial charge in [0.25, 0.3) is 0 Å². The first-order chi connectivity index (χ1) is 7.56. The van der Waals surface area contributed by atoms with Gasteiger partial charge in [-0.15, -0.1) is 11.3 Å². The van der Waals surface area contributed by atoms with Crippen LogP contribution in [0, 0.1) is 0 Å². The van der Waals surface area contributed by atoms with Gasteiger partial charge in [0.2, 0.25) is 0 Å². The van der Waals surface area contributed by atoms with Gasteiger partial charge in [-0.1, -0.05) is 0 Å². The molecule has 3 nitrogen and oxygen atoms in total. The van der Waals surface area contributed by atoms with E-state index in [0.717, 1.165) is 18.7 Å². The maximum absolute atomic E-state index is 11.9. The summed E-state index contributed by atoms with van der Waals surface area (Å²) in [4.78, 5) is 12.7. The Labute approximate surface area is 114 Å². The van der Waals surface area contributed by atoms with E-state index in [9.17, 15) is 4.79 Å². The van der Waals surface area contributed by atoms with Gasteiger partial charge in [-0.25, -0.2) is 0 Å². The molecule has 0 radical (unpaired) electrons. The van der Waals surface area contributed by atoms with E-state index in [1.54, 1.807) is 10.9 Å². The number of aromatic nitrogens is 2. The zero-order valence-corrected chi connectivity index (χ0v) is 12.4. The second-order valence-electron chi connectivity index (χ2n) is 3.35. The lowest BCUT2D eigenvalue weighted by Crippen LogP contribution is -2.00. The normalized spacial score (nSPS) is 10.7. The third kappa shape index (κ3) is 2.61. The summed E-state index contributed by atoms with van der Waals surface area (Å²) in [6, 6.07) is 1.84. The predicted octanol–water partition coefficient (Wildman–Crippen LogP) is 3.43. The number of nitrogens with zero attached hydrogens (tertiary/aromatic N) is 2. The van der Waals surface area contributed by atoms with Gasteiger partial charge in [0, 0.05) is 24.1 Å². The summed E-state index contributed by atoms with van der Waals surface area (Å²) in [5.74, 6) is 0.115. The SMILES string of the molecule is Cn1cc(CC(=O)c2cc(Br)c(Br)s2)cn1. The molecule has 0 saturated heterocycles. The van der Waals surface area contributed by atoms with Crippen molar-refractivity contribution in [1.29, 1.82) is 0 Å². The lowest BCUT2D eigenvalue weighted by atomic mass is 10.1. The summed E-state index contributed by atoms with van der Waals surface area (Å²) in [5.41, 5.74) is 0.938. The molecular weight excluding hydrogens is 356 g/mol. The first kappa shape index (κ1) is 12.0. The quantitative estimate of drug-likeness (QED) is 0.783. The Balaban J connectivity index is 2.14. The van der Waals surface area contributed by atoms with Crippen LogP contribution in [-0.2, 0) is 13.5 Å². The second-order valence-corrected chi connectivity index (χ2v) is 6.58. The number of halogens is 2. The van der Waals surface area contributed by atoms with Gasteiger partial charge in [0.1, 0.15) is 0 Å². The van der Waals surface area contributed by atoms with Crippen molar-refractivity contribution in [1.82, 2.24) is 9.78 Å². The largest absolute Gasteiger partial charge is 0.293 e. The van der Waals surface area contributed by atoms with Gasteiger partial charge in [-0.2, -0.15) is 5.10 Å². The molecule has 2 heterocycles. The fraction of sp³-hybridized carbons (Fsp3) is 0.200. The van der Waals surface area contributed by atoms with Crippen molar-refractivity contribution >= 4 is 49.0 Å². The molecule has 6 heteroatoms. The molecule has 2 aromatic heterocycles. The van der Waals surface area contributed by atoms with Crippen molar-refractivity contribution in [2.24, 2.45) is 7.05 Å². The number of hydrogen-bond donors (Lipinski definition) is 0. The predicted molar refractivity (Wildman–Crippen MR) is 71.0 cm³/mol. The number of Topliss-reactive ketones (excluding diaryl/α,β-unsaturated/α-hetero) is 1. The van der Waals surface area contributed by atoms with Crippen LogP contribution < -0.4 is 0 Å². The Hall–Kier alpha value is -0.460. The van der Waals surface area contributed by atoms with Crippen molar-refractivity contribution in [2.75, 3.05) is 0 Å². The zero-order valence-electron chi connectivity index (χ0n) is 8.41. The fourth-order valence-electron chi connectivity index (χ4n) is 1.32. The van der Waals surface area contributed by atoms with Crippen molar-refractivity contribution in [2.45, 2.75) is 6.42 Å². The van der Waals surface area contributed by atoms with Crippen LogP contribution >= 0.6 is 43.2 Å². The van der Waals surface area contributed by atoms with Crippen LogP contribution in [0.2, 0.25) is 0 Å². The molecule has 0 aliphatic carbocycles. The number of hydrogen-bond acceptors (Lipinski definition) is 3. The summed E-state index contributed by atoms with van der Waals surface area (Å²) in [6.45, 7) is 0. The van der Waals surface area contributed by atoms with Crippen LogP contribution in [-0.4, -0.2) is 15.6 Å². The first-order valence-electron chi connectivity index (χ1n) is 4.52. The third-order valence-electron chi connectivity index (χ3n) is 2.04. The highest BCUT2D eigenvalue weighted by atomic mass is 79.9. The van der Waals surface area contributed by atoms with Gasteiger partial charge in [0.15, 0.2) is 5.78 Å². The van der Waals surface area contributed by atoms with E-state index in [0.29, 0.717) is 6.42 Å². The van der Waals surface area contributed by atoms with Crippen molar-refractivity contribution in [3.63, 3.8) is 0 Å². The monoisotopic (exact) mass is 362 g/mol. The highest BCUT2D eigenvalue weighted by Crippen LogP contribution is 2.32. The summed E-state index contributed by atoms with van der Waals surface area (Å²) in [5, 5.41) is 4.04. The highest BCUT2D eigenvalue weighted by Gasteiger charge is 2.13. The molecular formula is C10H8Br2N2OS. The molecule has 0 aromatic carbocycles. The van der Waals surface area contributed by atoms with Gasteiger partial charge < -0.3 is 0 Å². The fourth-order valence-corrected chi connectivity index (χ4v) is 3.29. The smallest absolute Gasteiger partial charge is 0.177 e. The van der Waals surface area contributed by atoms with Crippen LogP contribution in [0.15, 0.2) is 26.7 Å². The Kier molecular flexibility index (Phi) is 3.61. The molecule has 16 heavy (non-hydrogen) atoms. The minimum Gasteiger partial charge on any atom is -0.293 e. The van der Waals surface area contributed by atoms with Gasteiger partial charge >= 0.3 is 0 Å². The van der Waals surface area contributed by atoms with Crippen LogP contribution in [0.5, 0.6) is 0 Å². The van der Waals surface area contributed by atoms with Crippen LogP contribution in [0.4, 0.5) is 0 Å². The van der Waals surface area contributed by atoms with Crippen molar-refractivity contribution in [3.8, 4) is 0 Å². The molecule has 0 aliphatic rings. The highest BCUT2D eigenvalue weighted by molar-refractivity contribution is 9.13. The average molecular weight is 364 g/mol. The molecule has 0 N–H and O–H groups in total. The van der Waals surface area contributed by atoms with Crippen molar-refractivity contribution < 1.29 is 4.79 Å². The molecule has 84 valence electrons. The van der Waals surface area contributed by atoms with Crippen LogP contribution in [0.25, 0.3) is 0 Å². The number of ketones is 1. The van der Waals surface area contributed by atoms with E-state index in [1.807, 2.05) is 19.3 Å². The molecule has 0 atom stereocenters. The van der Waals surface area contributed by atoms with E-state index in [1.165, 1.54) is 11.3 Å². The summed E-state index contributed by atoms with van der Waals surface area (Å²) in [7, 11) is 1.84. The van der Waals surface area contributed by atoms with E-state index in [-0.39, 0.29) is 5.78 Å². The number of aryl methyl sites for hydroxylation is 1. The van der Waals surface area contributed by atoms with E-state index in [4.69, 9.17) is 0 Å². The van der Waals surface area contributed by atoms with Gasteiger partial charge in [-0.05, 0) is 43.5 Å².